The molecule has 0 unspecified atom stereocenters. The van der Waals surface area contributed by atoms with Gasteiger partial charge in [-0.25, -0.2) is 4.68 Å². The highest BCUT2D eigenvalue weighted by Crippen LogP contribution is 2.35. The first-order chi connectivity index (χ1) is 9.52. The molecule has 0 aliphatic carbocycles. The minimum atomic E-state index is 0.279. The summed E-state index contributed by atoms with van der Waals surface area (Å²) in [5.41, 5.74) is 6.65. The Morgan fingerprint density at radius 1 is 0.900 bits per heavy atom. The van der Waals surface area contributed by atoms with Crippen molar-refractivity contribution in [1.29, 1.82) is 0 Å². The second-order valence-electron chi connectivity index (χ2n) is 5.19. The highest BCUT2D eigenvalue weighted by Gasteiger charge is 2.18. The summed E-state index contributed by atoms with van der Waals surface area (Å²) in [7, 11) is 0. The van der Waals surface area contributed by atoms with Gasteiger partial charge in [0, 0.05) is 0 Å². The van der Waals surface area contributed by atoms with Crippen molar-refractivity contribution < 1.29 is 5.11 Å². The highest BCUT2D eigenvalue weighted by atomic mass is 16.3. The molecule has 0 aliphatic rings. The van der Waals surface area contributed by atoms with E-state index in [1.54, 1.807) is 4.68 Å². The van der Waals surface area contributed by atoms with E-state index in [0.717, 1.165) is 33.4 Å². The molecule has 3 aromatic rings. The molecule has 102 valence electrons. The van der Waals surface area contributed by atoms with Gasteiger partial charge in [0.05, 0.1) is 5.52 Å². The number of nitrogens with zero attached hydrogens (tertiary/aromatic N) is 3. The number of benzene rings is 2. The van der Waals surface area contributed by atoms with E-state index in [-0.39, 0.29) is 5.75 Å². The van der Waals surface area contributed by atoms with Gasteiger partial charge in [-0.3, -0.25) is 0 Å². The summed E-state index contributed by atoms with van der Waals surface area (Å²) in [6.45, 7) is 8.04. The average molecular weight is 267 g/mol. The van der Waals surface area contributed by atoms with Gasteiger partial charge in [-0.2, -0.15) is 0 Å². The van der Waals surface area contributed by atoms with Crippen LogP contribution in [0.25, 0.3) is 16.7 Å². The minimum Gasteiger partial charge on any atom is -0.505 e. The maximum atomic E-state index is 10.5. The molecule has 0 aliphatic heterocycles. The van der Waals surface area contributed by atoms with Crippen LogP contribution in [0.3, 0.4) is 0 Å². The van der Waals surface area contributed by atoms with Gasteiger partial charge in [0.1, 0.15) is 17.0 Å². The number of hydrogen-bond acceptors (Lipinski definition) is 3. The van der Waals surface area contributed by atoms with Crippen molar-refractivity contribution in [3.8, 4) is 11.4 Å². The van der Waals surface area contributed by atoms with Gasteiger partial charge in [-0.05, 0) is 62.1 Å². The Morgan fingerprint density at radius 2 is 1.55 bits per heavy atom. The Hall–Kier alpha value is -2.36. The number of hydrogen-bond donors (Lipinski definition) is 1. The summed E-state index contributed by atoms with van der Waals surface area (Å²) < 4.78 is 1.72. The van der Waals surface area contributed by atoms with Gasteiger partial charge in [0.2, 0.25) is 0 Å². The molecular weight excluding hydrogens is 250 g/mol. The van der Waals surface area contributed by atoms with Crippen LogP contribution in [0.5, 0.6) is 5.75 Å². The number of rotatable bonds is 1. The van der Waals surface area contributed by atoms with Crippen molar-refractivity contribution in [2.24, 2.45) is 0 Å². The molecule has 0 atom stereocenters. The lowest BCUT2D eigenvalue weighted by atomic mass is 9.96. The monoisotopic (exact) mass is 267 g/mol. The van der Waals surface area contributed by atoms with Crippen molar-refractivity contribution >= 4 is 11.0 Å². The summed E-state index contributed by atoms with van der Waals surface area (Å²) in [6, 6.07) is 7.75. The molecule has 1 heterocycles. The van der Waals surface area contributed by atoms with E-state index >= 15 is 0 Å². The zero-order chi connectivity index (χ0) is 14.4. The second kappa shape index (κ2) is 4.34. The van der Waals surface area contributed by atoms with Crippen molar-refractivity contribution in [2.75, 3.05) is 0 Å². The fraction of sp³-hybridized carbons (Fsp3) is 0.250. The van der Waals surface area contributed by atoms with Crippen molar-refractivity contribution in [1.82, 2.24) is 15.0 Å². The Morgan fingerprint density at radius 3 is 2.30 bits per heavy atom. The highest BCUT2D eigenvalue weighted by molar-refractivity contribution is 5.78. The maximum absolute atomic E-state index is 10.5. The molecule has 0 radical (unpaired) electrons. The van der Waals surface area contributed by atoms with Crippen LogP contribution in [-0.4, -0.2) is 20.1 Å². The molecule has 3 rings (SSSR count). The third kappa shape index (κ3) is 1.61. The topological polar surface area (TPSA) is 50.9 Å². The molecule has 0 bridgehead atoms. The Balaban J connectivity index is 2.41. The lowest BCUT2D eigenvalue weighted by Gasteiger charge is -2.17. The normalized spacial score (nSPS) is 11.2. The van der Waals surface area contributed by atoms with Crippen molar-refractivity contribution in [2.45, 2.75) is 27.7 Å². The number of aromatic nitrogens is 3. The SMILES string of the molecule is Cc1c(C)c(C)c(-n2nnc3ccccc32)c(O)c1C. The smallest absolute Gasteiger partial charge is 0.144 e. The van der Waals surface area contributed by atoms with E-state index in [1.807, 2.05) is 45.0 Å². The number of phenolic OH excluding ortho intramolecular Hbond substituents is 1. The van der Waals surface area contributed by atoms with E-state index in [0.29, 0.717) is 0 Å². The molecule has 4 nitrogen and oxygen atoms in total. The zero-order valence-electron chi connectivity index (χ0n) is 12.1. The first-order valence-corrected chi connectivity index (χ1v) is 6.62. The third-order valence-corrected chi connectivity index (χ3v) is 4.19. The predicted octanol–water partition coefficient (Wildman–Crippen LogP) is 3.36. The Labute approximate surface area is 117 Å². The summed E-state index contributed by atoms with van der Waals surface area (Å²) in [5.74, 6) is 0.279. The molecule has 1 aromatic heterocycles. The van der Waals surface area contributed by atoms with Crippen LogP contribution in [0.15, 0.2) is 24.3 Å². The fourth-order valence-electron chi connectivity index (χ4n) is 2.57. The van der Waals surface area contributed by atoms with Gasteiger partial charge in [-0.1, -0.05) is 17.3 Å². The van der Waals surface area contributed by atoms with Gasteiger partial charge in [0.25, 0.3) is 0 Å². The van der Waals surface area contributed by atoms with Gasteiger partial charge in [-0.15, -0.1) is 5.10 Å². The molecule has 0 amide bonds. The fourth-order valence-corrected chi connectivity index (χ4v) is 2.57. The van der Waals surface area contributed by atoms with Crippen LogP contribution in [0, 0.1) is 27.7 Å². The number of aromatic hydroxyl groups is 1. The van der Waals surface area contributed by atoms with E-state index in [1.165, 1.54) is 5.56 Å². The Bertz CT molecular complexity index is 789. The molecule has 2 aromatic carbocycles. The van der Waals surface area contributed by atoms with Crippen LogP contribution >= 0.6 is 0 Å². The Kier molecular flexibility index (Phi) is 2.74. The summed E-state index contributed by atoms with van der Waals surface area (Å²) >= 11 is 0. The first-order valence-electron chi connectivity index (χ1n) is 6.62. The number of para-hydroxylation sites is 1. The lowest BCUT2D eigenvalue weighted by molar-refractivity contribution is 0.464. The first kappa shape index (κ1) is 12.7. The number of fused-ring (bicyclic) bond motifs is 1. The van der Waals surface area contributed by atoms with E-state index in [4.69, 9.17) is 0 Å². The van der Waals surface area contributed by atoms with Gasteiger partial charge in [0.15, 0.2) is 0 Å². The maximum Gasteiger partial charge on any atom is 0.144 e. The van der Waals surface area contributed by atoms with Crippen LogP contribution in [0.1, 0.15) is 22.3 Å². The minimum absolute atomic E-state index is 0.279. The van der Waals surface area contributed by atoms with Crippen LogP contribution in [0.4, 0.5) is 0 Å². The molecule has 0 saturated carbocycles. The molecule has 1 N–H and O–H groups in total. The standard InChI is InChI=1S/C16H17N3O/c1-9-10(2)12(4)16(20)15(11(9)3)19-14-8-6-5-7-13(14)17-18-19/h5-8,20H,1-4H3. The molecule has 4 heteroatoms. The van der Waals surface area contributed by atoms with E-state index in [9.17, 15) is 5.11 Å². The predicted molar refractivity (Wildman–Crippen MR) is 79.5 cm³/mol. The number of phenols is 1. The molecular formula is C16H17N3O. The summed E-state index contributed by atoms with van der Waals surface area (Å²) in [6.07, 6.45) is 0. The molecule has 0 fully saturated rings. The van der Waals surface area contributed by atoms with Crippen LogP contribution < -0.4 is 0 Å². The van der Waals surface area contributed by atoms with Crippen LogP contribution in [0.2, 0.25) is 0 Å². The van der Waals surface area contributed by atoms with E-state index < -0.39 is 0 Å². The van der Waals surface area contributed by atoms with E-state index in [2.05, 4.69) is 17.2 Å². The molecule has 20 heavy (non-hydrogen) atoms. The second-order valence-corrected chi connectivity index (χ2v) is 5.19. The van der Waals surface area contributed by atoms with Crippen LogP contribution in [-0.2, 0) is 0 Å². The quantitative estimate of drug-likeness (QED) is 0.735. The zero-order valence-corrected chi connectivity index (χ0v) is 12.1. The van der Waals surface area contributed by atoms with Gasteiger partial charge < -0.3 is 5.11 Å². The molecule has 0 saturated heterocycles. The van der Waals surface area contributed by atoms with Crippen molar-refractivity contribution in [3.05, 3.63) is 46.5 Å². The average Bonchev–Trinajstić information content (AvgIpc) is 2.87. The summed E-state index contributed by atoms with van der Waals surface area (Å²) in [5, 5.41) is 18.9. The van der Waals surface area contributed by atoms with Gasteiger partial charge >= 0.3 is 0 Å². The largest absolute Gasteiger partial charge is 0.505 e. The lowest BCUT2D eigenvalue weighted by Crippen LogP contribution is -2.04. The summed E-state index contributed by atoms with van der Waals surface area (Å²) in [4.78, 5) is 0. The molecule has 0 spiro atoms. The third-order valence-electron chi connectivity index (χ3n) is 4.19. The van der Waals surface area contributed by atoms with Crippen molar-refractivity contribution in [3.63, 3.8) is 0 Å².